The summed E-state index contributed by atoms with van der Waals surface area (Å²) in [5.74, 6) is -0.0212. The predicted molar refractivity (Wildman–Crippen MR) is 106 cm³/mol. The van der Waals surface area contributed by atoms with Crippen LogP contribution in [0.4, 0.5) is 5.69 Å². The Bertz CT molecular complexity index is 1240. The maximum absolute atomic E-state index is 12.8. The molecule has 0 atom stereocenters. The Morgan fingerprint density at radius 3 is 2.63 bits per heavy atom. The number of methoxy groups -OCH3 is 1. The molecule has 1 aromatic heterocycles. The highest BCUT2D eigenvalue weighted by Crippen LogP contribution is 2.27. The fourth-order valence-corrected chi connectivity index (χ4v) is 3.14. The van der Waals surface area contributed by atoms with Crippen molar-refractivity contribution in [3.8, 4) is 5.75 Å². The lowest BCUT2D eigenvalue weighted by molar-refractivity contribution is 0.102. The van der Waals surface area contributed by atoms with Gasteiger partial charge in [-0.05, 0) is 47.5 Å². The first-order chi connectivity index (χ1) is 13.1. The van der Waals surface area contributed by atoms with Gasteiger partial charge in [0.15, 0.2) is 0 Å². The molecule has 0 radical (unpaired) electrons. The maximum atomic E-state index is 12.8. The van der Waals surface area contributed by atoms with Gasteiger partial charge in [-0.2, -0.15) is 0 Å². The molecule has 4 rings (SSSR count). The number of hydrogen-bond acceptors (Lipinski definition) is 4. The Morgan fingerprint density at radius 1 is 1.00 bits per heavy atom. The van der Waals surface area contributed by atoms with E-state index in [1.165, 1.54) is 7.11 Å². The summed E-state index contributed by atoms with van der Waals surface area (Å²) in [4.78, 5) is 25.1. The number of hydrogen-bond donors (Lipinski definition) is 1. The van der Waals surface area contributed by atoms with Crippen molar-refractivity contribution in [2.24, 2.45) is 0 Å². The predicted octanol–water partition coefficient (Wildman–Crippen LogP) is 4.52. The zero-order valence-electron chi connectivity index (χ0n) is 14.9. The van der Waals surface area contributed by atoms with Crippen molar-refractivity contribution >= 4 is 33.3 Å². The monoisotopic (exact) mass is 359 g/mol. The lowest BCUT2D eigenvalue weighted by atomic mass is 10.0. The molecule has 1 amide bonds. The van der Waals surface area contributed by atoms with Gasteiger partial charge in [-0.25, -0.2) is 4.79 Å². The van der Waals surface area contributed by atoms with Gasteiger partial charge in [0.2, 0.25) is 0 Å². The second-order valence-electron chi connectivity index (χ2n) is 6.30. The lowest BCUT2D eigenvalue weighted by Crippen LogP contribution is -2.21. The van der Waals surface area contributed by atoms with E-state index in [2.05, 4.69) is 5.32 Å². The van der Waals surface area contributed by atoms with E-state index in [0.717, 1.165) is 16.3 Å². The van der Waals surface area contributed by atoms with Gasteiger partial charge in [-0.1, -0.05) is 36.4 Å². The van der Waals surface area contributed by atoms with Crippen LogP contribution in [0.5, 0.6) is 5.75 Å². The Labute approximate surface area is 155 Å². The molecular formula is C22H17NO4. The summed E-state index contributed by atoms with van der Waals surface area (Å²) >= 11 is 0. The number of anilines is 1. The summed E-state index contributed by atoms with van der Waals surface area (Å²) in [5.41, 5.74) is 1.18. The molecule has 0 aliphatic heterocycles. The first-order valence-electron chi connectivity index (χ1n) is 8.48. The largest absolute Gasteiger partial charge is 0.495 e. The summed E-state index contributed by atoms with van der Waals surface area (Å²) in [6.07, 6.45) is 0. The van der Waals surface area contributed by atoms with Crippen molar-refractivity contribution in [3.05, 3.63) is 82.2 Å². The summed E-state index contributed by atoms with van der Waals surface area (Å²) in [6, 6.07) is 18.4. The molecule has 0 aliphatic rings. The summed E-state index contributed by atoms with van der Waals surface area (Å²) < 4.78 is 10.7. The second-order valence-corrected chi connectivity index (χ2v) is 6.30. The van der Waals surface area contributed by atoms with E-state index in [-0.39, 0.29) is 5.56 Å². The third-order valence-corrected chi connectivity index (χ3v) is 4.49. The number of amides is 1. The van der Waals surface area contributed by atoms with Crippen molar-refractivity contribution < 1.29 is 13.9 Å². The molecule has 5 heteroatoms. The number of carbonyl (C=O) groups is 1. The zero-order chi connectivity index (χ0) is 19.0. The van der Waals surface area contributed by atoms with E-state index < -0.39 is 11.5 Å². The number of benzene rings is 3. The molecule has 0 unspecified atom stereocenters. The van der Waals surface area contributed by atoms with Gasteiger partial charge in [-0.15, -0.1) is 0 Å². The SMILES string of the molecule is COc1ccc(C)cc1NC(=O)c1cc2c(ccc3ccccc32)oc1=O. The van der Waals surface area contributed by atoms with Crippen molar-refractivity contribution in [2.45, 2.75) is 6.92 Å². The standard InChI is InChI=1S/C22H17NO4/c1-13-7-9-20(26-2)18(11-13)23-21(24)17-12-16-15-6-4-3-5-14(15)8-10-19(16)27-22(17)25/h3-12H,1-2H3,(H,23,24). The fourth-order valence-electron chi connectivity index (χ4n) is 3.14. The van der Waals surface area contributed by atoms with Crippen LogP contribution >= 0.6 is 0 Å². The van der Waals surface area contributed by atoms with Crippen LogP contribution in [0.3, 0.4) is 0 Å². The molecule has 134 valence electrons. The Kier molecular flexibility index (Phi) is 4.12. The van der Waals surface area contributed by atoms with Crippen LogP contribution in [0.1, 0.15) is 15.9 Å². The lowest BCUT2D eigenvalue weighted by Gasteiger charge is -2.11. The van der Waals surface area contributed by atoms with Crippen LogP contribution in [-0.2, 0) is 0 Å². The number of nitrogens with one attached hydrogen (secondary N) is 1. The van der Waals surface area contributed by atoms with Gasteiger partial charge in [0.25, 0.3) is 5.91 Å². The van der Waals surface area contributed by atoms with Gasteiger partial charge in [0.05, 0.1) is 12.8 Å². The third kappa shape index (κ3) is 3.04. The number of rotatable bonds is 3. The van der Waals surface area contributed by atoms with Gasteiger partial charge in [0, 0.05) is 5.39 Å². The van der Waals surface area contributed by atoms with E-state index in [0.29, 0.717) is 22.4 Å². The van der Waals surface area contributed by atoms with E-state index in [1.54, 1.807) is 24.3 Å². The van der Waals surface area contributed by atoms with E-state index in [1.807, 2.05) is 43.3 Å². The van der Waals surface area contributed by atoms with Crippen LogP contribution in [-0.4, -0.2) is 13.0 Å². The molecule has 0 saturated heterocycles. The molecule has 0 fully saturated rings. The van der Waals surface area contributed by atoms with Gasteiger partial charge >= 0.3 is 5.63 Å². The first kappa shape index (κ1) is 16.8. The molecule has 4 aromatic rings. The molecule has 0 spiro atoms. The van der Waals surface area contributed by atoms with Crippen LogP contribution in [0.2, 0.25) is 0 Å². The van der Waals surface area contributed by atoms with Gasteiger partial charge in [-0.3, -0.25) is 4.79 Å². The fraction of sp³-hybridized carbons (Fsp3) is 0.0909. The highest BCUT2D eigenvalue weighted by Gasteiger charge is 2.17. The van der Waals surface area contributed by atoms with Crippen LogP contribution in [0, 0.1) is 6.92 Å². The molecular weight excluding hydrogens is 342 g/mol. The van der Waals surface area contributed by atoms with Crippen molar-refractivity contribution in [2.75, 3.05) is 12.4 Å². The van der Waals surface area contributed by atoms with Crippen molar-refractivity contribution in [1.82, 2.24) is 0 Å². The minimum absolute atomic E-state index is 0.0533. The van der Waals surface area contributed by atoms with E-state index in [9.17, 15) is 9.59 Å². The Balaban J connectivity index is 1.82. The molecule has 5 nitrogen and oxygen atoms in total. The molecule has 1 heterocycles. The van der Waals surface area contributed by atoms with E-state index in [4.69, 9.17) is 9.15 Å². The molecule has 0 aliphatic carbocycles. The second kappa shape index (κ2) is 6.61. The third-order valence-electron chi connectivity index (χ3n) is 4.49. The quantitative estimate of drug-likeness (QED) is 0.431. The van der Waals surface area contributed by atoms with Crippen molar-refractivity contribution in [3.63, 3.8) is 0 Å². The smallest absolute Gasteiger partial charge is 0.349 e. The molecule has 0 saturated carbocycles. The average Bonchev–Trinajstić information content (AvgIpc) is 2.67. The minimum atomic E-state index is -0.679. The Morgan fingerprint density at radius 2 is 1.81 bits per heavy atom. The minimum Gasteiger partial charge on any atom is -0.495 e. The summed E-state index contributed by atoms with van der Waals surface area (Å²) in [6.45, 7) is 1.91. The highest BCUT2D eigenvalue weighted by molar-refractivity contribution is 6.10. The zero-order valence-corrected chi connectivity index (χ0v) is 14.9. The van der Waals surface area contributed by atoms with Crippen LogP contribution < -0.4 is 15.7 Å². The highest BCUT2D eigenvalue weighted by atomic mass is 16.5. The van der Waals surface area contributed by atoms with E-state index >= 15 is 0 Å². The maximum Gasteiger partial charge on any atom is 0.349 e. The Hall–Kier alpha value is -3.60. The van der Waals surface area contributed by atoms with Crippen molar-refractivity contribution in [1.29, 1.82) is 0 Å². The van der Waals surface area contributed by atoms with Crippen LogP contribution in [0.25, 0.3) is 21.7 Å². The summed E-state index contributed by atoms with van der Waals surface area (Å²) in [5, 5.41) is 5.39. The number of carbonyl (C=O) groups excluding carboxylic acids is 1. The molecule has 27 heavy (non-hydrogen) atoms. The molecule has 1 N–H and O–H groups in total. The topological polar surface area (TPSA) is 68.5 Å². The molecule has 0 bridgehead atoms. The summed E-state index contributed by atoms with van der Waals surface area (Å²) in [7, 11) is 1.52. The number of fused-ring (bicyclic) bond motifs is 3. The van der Waals surface area contributed by atoms with Gasteiger partial charge < -0.3 is 14.5 Å². The molecule has 3 aromatic carbocycles. The van der Waals surface area contributed by atoms with Gasteiger partial charge in [0.1, 0.15) is 16.9 Å². The number of ether oxygens (including phenoxy) is 1. The van der Waals surface area contributed by atoms with Crippen LogP contribution in [0.15, 0.2) is 69.9 Å². The average molecular weight is 359 g/mol. The normalized spacial score (nSPS) is 10.9. The number of aryl methyl sites for hydroxylation is 1. The first-order valence-corrected chi connectivity index (χ1v) is 8.48.